The number of hydrogen-bond donors (Lipinski definition) is 1. The fourth-order valence-corrected chi connectivity index (χ4v) is 4.69. The van der Waals surface area contributed by atoms with Gasteiger partial charge in [0.25, 0.3) is 10.0 Å². The summed E-state index contributed by atoms with van der Waals surface area (Å²) in [6, 6.07) is 4.48. The number of hydrogen-bond acceptors (Lipinski definition) is 4. The average molecular weight is 358 g/mol. The summed E-state index contributed by atoms with van der Waals surface area (Å²) in [6.45, 7) is 1.57. The lowest BCUT2D eigenvalue weighted by Crippen LogP contribution is -2.13. The van der Waals surface area contributed by atoms with E-state index in [1.54, 1.807) is 6.92 Å². The summed E-state index contributed by atoms with van der Waals surface area (Å²) in [5.74, 6) is 0. The van der Waals surface area contributed by atoms with E-state index in [-0.39, 0.29) is 19.4 Å². The number of halogens is 3. The Morgan fingerprint density at radius 1 is 1.26 bits per heavy atom. The van der Waals surface area contributed by atoms with Crippen LogP contribution in [-0.4, -0.2) is 13.4 Å². The van der Waals surface area contributed by atoms with Crippen LogP contribution in [0.1, 0.15) is 5.69 Å². The van der Waals surface area contributed by atoms with Gasteiger partial charge in [0.05, 0.1) is 16.4 Å². The standard InChI is InChI=1S/C10H7Cl3N2O2S2/c1-5-9(18-10(13)14-5)19(16,17)15-8-3-2-6(11)4-7(8)12/h2-4,15H,1H3. The van der Waals surface area contributed by atoms with Crippen molar-refractivity contribution in [3.8, 4) is 0 Å². The van der Waals surface area contributed by atoms with E-state index >= 15 is 0 Å². The monoisotopic (exact) mass is 356 g/mol. The van der Waals surface area contributed by atoms with E-state index in [0.717, 1.165) is 11.3 Å². The van der Waals surface area contributed by atoms with E-state index in [2.05, 4.69) is 9.71 Å². The van der Waals surface area contributed by atoms with Crippen molar-refractivity contribution in [2.24, 2.45) is 0 Å². The van der Waals surface area contributed by atoms with Crippen molar-refractivity contribution in [2.75, 3.05) is 4.72 Å². The van der Waals surface area contributed by atoms with Crippen LogP contribution in [0.3, 0.4) is 0 Å². The molecule has 0 saturated carbocycles. The summed E-state index contributed by atoms with van der Waals surface area (Å²) in [5.41, 5.74) is 0.586. The van der Waals surface area contributed by atoms with E-state index in [0.29, 0.717) is 10.7 Å². The van der Waals surface area contributed by atoms with Gasteiger partial charge in [0.15, 0.2) is 8.68 Å². The molecule has 0 atom stereocenters. The van der Waals surface area contributed by atoms with Crippen LogP contribution in [0.25, 0.3) is 0 Å². The van der Waals surface area contributed by atoms with Crippen molar-refractivity contribution in [1.29, 1.82) is 0 Å². The SMILES string of the molecule is Cc1nc(Cl)sc1S(=O)(=O)Nc1ccc(Cl)cc1Cl. The fraction of sp³-hybridized carbons (Fsp3) is 0.100. The van der Waals surface area contributed by atoms with Gasteiger partial charge in [-0.25, -0.2) is 13.4 Å². The Hall–Kier alpha value is -0.530. The maximum absolute atomic E-state index is 12.2. The number of thiazole rings is 1. The Morgan fingerprint density at radius 2 is 1.95 bits per heavy atom. The highest BCUT2D eigenvalue weighted by Crippen LogP contribution is 2.31. The van der Waals surface area contributed by atoms with Crippen molar-refractivity contribution in [3.63, 3.8) is 0 Å². The molecule has 0 bridgehead atoms. The van der Waals surface area contributed by atoms with Crippen LogP contribution in [0.4, 0.5) is 5.69 Å². The number of aromatic nitrogens is 1. The predicted octanol–water partition coefficient (Wildman–Crippen LogP) is 4.21. The topological polar surface area (TPSA) is 59.1 Å². The van der Waals surface area contributed by atoms with Gasteiger partial charge >= 0.3 is 0 Å². The fourth-order valence-electron chi connectivity index (χ4n) is 1.36. The Bertz CT molecular complexity index is 728. The molecule has 19 heavy (non-hydrogen) atoms. The zero-order chi connectivity index (χ0) is 14.2. The maximum Gasteiger partial charge on any atom is 0.273 e. The molecule has 0 aliphatic carbocycles. The molecule has 0 saturated heterocycles. The minimum Gasteiger partial charge on any atom is -0.277 e. The second-order valence-electron chi connectivity index (χ2n) is 3.57. The zero-order valence-electron chi connectivity index (χ0n) is 9.45. The normalized spacial score (nSPS) is 11.6. The largest absolute Gasteiger partial charge is 0.277 e. The average Bonchev–Trinajstić information content (AvgIpc) is 2.63. The number of anilines is 1. The first-order valence-corrected chi connectivity index (χ1v) is 8.34. The lowest BCUT2D eigenvalue weighted by molar-refractivity contribution is 0.602. The van der Waals surface area contributed by atoms with E-state index in [1.165, 1.54) is 18.2 Å². The first-order chi connectivity index (χ1) is 8.79. The molecule has 2 aromatic rings. The molecular formula is C10H7Cl3N2O2S2. The van der Waals surface area contributed by atoms with Gasteiger partial charge < -0.3 is 0 Å². The van der Waals surface area contributed by atoms with E-state index < -0.39 is 10.0 Å². The molecule has 4 nitrogen and oxygen atoms in total. The molecule has 9 heteroatoms. The summed E-state index contributed by atoms with van der Waals surface area (Å²) in [5, 5.41) is 0.634. The third-order valence-electron chi connectivity index (χ3n) is 2.15. The summed E-state index contributed by atoms with van der Waals surface area (Å²) in [7, 11) is -3.76. The quantitative estimate of drug-likeness (QED) is 0.895. The lowest BCUT2D eigenvalue weighted by atomic mass is 10.3. The van der Waals surface area contributed by atoms with Crippen molar-refractivity contribution in [3.05, 3.63) is 38.4 Å². The van der Waals surface area contributed by atoms with Crippen molar-refractivity contribution >= 4 is 61.9 Å². The van der Waals surface area contributed by atoms with Gasteiger partial charge in [-0.05, 0) is 25.1 Å². The summed E-state index contributed by atoms with van der Waals surface area (Å²) in [6.07, 6.45) is 0. The van der Waals surface area contributed by atoms with Crippen LogP contribution in [0.2, 0.25) is 14.5 Å². The number of aryl methyl sites for hydroxylation is 1. The zero-order valence-corrected chi connectivity index (χ0v) is 13.3. The molecule has 2 rings (SSSR count). The highest BCUT2D eigenvalue weighted by Gasteiger charge is 2.22. The van der Waals surface area contributed by atoms with Crippen LogP contribution < -0.4 is 4.72 Å². The van der Waals surface area contributed by atoms with Crippen LogP contribution in [0.5, 0.6) is 0 Å². The van der Waals surface area contributed by atoms with Crippen LogP contribution in [0, 0.1) is 6.92 Å². The molecule has 102 valence electrons. The highest BCUT2D eigenvalue weighted by atomic mass is 35.5. The third-order valence-corrected chi connectivity index (χ3v) is 5.93. The molecule has 1 aromatic carbocycles. The molecular weight excluding hydrogens is 351 g/mol. The van der Waals surface area contributed by atoms with Crippen LogP contribution in [0.15, 0.2) is 22.4 Å². The first kappa shape index (κ1) is 14.9. The van der Waals surface area contributed by atoms with E-state index in [9.17, 15) is 8.42 Å². The molecule has 0 fully saturated rings. The van der Waals surface area contributed by atoms with Crippen LogP contribution >= 0.6 is 46.1 Å². The third kappa shape index (κ3) is 3.32. The van der Waals surface area contributed by atoms with Gasteiger partial charge in [0.1, 0.15) is 0 Å². The number of nitrogens with zero attached hydrogens (tertiary/aromatic N) is 1. The molecule has 0 aliphatic heterocycles. The minimum absolute atomic E-state index is 0.0588. The lowest BCUT2D eigenvalue weighted by Gasteiger charge is -2.08. The molecule has 1 heterocycles. The highest BCUT2D eigenvalue weighted by molar-refractivity contribution is 7.94. The second kappa shape index (κ2) is 5.46. The Kier molecular flexibility index (Phi) is 4.27. The molecule has 0 aliphatic rings. The number of sulfonamides is 1. The Balaban J connectivity index is 2.39. The van der Waals surface area contributed by atoms with Crippen molar-refractivity contribution < 1.29 is 8.42 Å². The van der Waals surface area contributed by atoms with Gasteiger partial charge in [-0.3, -0.25) is 4.72 Å². The van der Waals surface area contributed by atoms with Crippen molar-refractivity contribution in [1.82, 2.24) is 4.98 Å². The summed E-state index contributed by atoms with van der Waals surface area (Å²) in [4.78, 5) is 3.87. The van der Waals surface area contributed by atoms with E-state index in [4.69, 9.17) is 34.8 Å². The van der Waals surface area contributed by atoms with Gasteiger partial charge in [0.2, 0.25) is 0 Å². The Labute approximate surface area is 129 Å². The summed E-state index contributed by atoms with van der Waals surface area (Å²) < 4.78 is 27.0. The number of rotatable bonds is 3. The molecule has 0 amide bonds. The molecule has 0 unspecified atom stereocenters. The minimum atomic E-state index is -3.76. The molecule has 0 spiro atoms. The van der Waals surface area contributed by atoms with Gasteiger partial charge in [-0.2, -0.15) is 0 Å². The predicted molar refractivity (Wildman–Crippen MR) is 79.1 cm³/mol. The Morgan fingerprint density at radius 3 is 2.47 bits per heavy atom. The van der Waals surface area contributed by atoms with Crippen LogP contribution in [-0.2, 0) is 10.0 Å². The summed E-state index contributed by atoms with van der Waals surface area (Å²) >= 11 is 18.2. The number of benzene rings is 1. The second-order valence-corrected chi connectivity index (χ2v) is 7.87. The first-order valence-electron chi connectivity index (χ1n) is 4.90. The van der Waals surface area contributed by atoms with Crippen molar-refractivity contribution in [2.45, 2.75) is 11.1 Å². The van der Waals surface area contributed by atoms with Gasteiger partial charge in [0, 0.05) is 5.02 Å². The molecule has 1 aromatic heterocycles. The number of nitrogens with one attached hydrogen (secondary N) is 1. The molecule has 1 N–H and O–H groups in total. The smallest absolute Gasteiger partial charge is 0.273 e. The molecule has 0 radical (unpaired) electrons. The van der Waals surface area contributed by atoms with Gasteiger partial charge in [-0.15, -0.1) is 0 Å². The van der Waals surface area contributed by atoms with Gasteiger partial charge in [-0.1, -0.05) is 46.1 Å². The van der Waals surface area contributed by atoms with E-state index in [1.807, 2.05) is 0 Å². The maximum atomic E-state index is 12.2.